The summed E-state index contributed by atoms with van der Waals surface area (Å²) in [5, 5.41) is 3.23. The number of aromatic nitrogens is 3. The van der Waals surface area contributed by atoms with Crippen LogP contribution in [-0.4, -0.2) is 58.0 Å². The Bertz CT molecular complexity index is 1300. The first kappa shape index (κ1) is 27.7. The number of anilines is 3. The molecule has 6 rings (SSSR count). The van der Waals surface area contributed by atoms with Gasteiger partial charge >= 0.3 is 0 Å². The Labute approximate surface area is 238 Å². The molecular weight excluding hydrogens is 494 g/mol. The van der Waals surface area contributed by atoms with Crippen molar-refractivity contribution in [3.63, 3.8) is 0 Å². The van der Waals surface area contributed by atoms with Crippen LogP contribution in [0.3, 0.4) is 0 Å². The molecule has 2 fully saturated rings. The number of hydrogen-bond acceptors (Lipinski definition) is 7. The van der Waals surface area contributed by atoms with E-state index in [1.807, 2.05) is 30.3 Å². The molecule has 7 heteroatoms. The van der Waals surface area contributed by atoms with Crippen LogP contribution >= 0.6 is 0 Å². The summed E-state index contributed by atoms with van der Waals surface area (Å²) in [4.78, 5) is 18.0. The highest BCUT2D eigenvalue weighted by atomic mass is 15.2. The third-order valence-corrected chi connectivity index (χ3v) is 7.69. The zero-order valence-corrected chi connectivity index (χ0v) is 23.6. The maximum absolute atomic E-state index is 6.15. The van der Waals surface area contributed by atoms with Gasteiger partial charge in [-0.1, -0.05) is 81.0 Å². The number of nitrogens with zero attached hydrogens (tertiary/aromatic N) is 5. The largest absolute Gasteiger partial charge is 0.383 e. The van der Waals surface area contributed by atoms with Crippen LogP contribution in [0.2, 0.25) is 0 Å². The Morgan fingerprint density at radius 2 is 1.38 bits per heavy atom. The number of nitrogens with one attached hydrogen (secondary N) is 1. The molecule has 0 spiro atoms. The van der Waals surface area contributed by atoms with Gasteiger partial charge in [0.15, 0.2) is 0 Å². The summed E-state index contributed by atoms with van der Waals surface area (Å²) < 4.78 is 0. The van der Waals surface area contributed by atoms with Gasteiger partial charge in [-0.3, -0.25) is 9.88 Å². The average Bonchev–Trinajstić information content (AvgIpc) is 3.01. The number of likely N-dealkylation sites (N-methyl/N-ethyl adjacent to an activating group) is 1. The van der Waals surface area contributed by atoms with Gasteiger partial charge in [0.1, 0.15) is 5.82 Å². The van der Waals surface area contributed by atoms with Crippen LogP contribution in [0.1, 0.15) is 44.1 Å². The van der Waals surface area contributed by atoms with E-state index in [1.54, 1.807) is 12.4 Å². The predicted molar refractivity (Wildman–Crippen MR) is 165 cm³/mol. The van der Waals surface area contributed by atoms with E-state index in [2.05, 4.69) is 73.5 Å². The smallest absolute Gasteiger partial charge is 0.229 e. The standard InChI is InChI=1S/C27H29N7.C6H12/c1-33-14-16-34(17-15-33)19-20-5-7-21(8-6-20)22-9-11-23(12-10-22)31-27-30-18-24(26(28)32-27)25-4-2-3-13-29-25;1-2-4-6-5-3-1/h2-13,18H,14-17,19H2,1H3,(H3,28,30,31,32);1-6H2. The lowest BCUT2D eigenvalue weighted by Gasteiger charge is -2.32. The number of pyridine rings is 1. The summed E-state index contributed by atoms with van der Waals surface area (Å²) in [7, 11) is 2.19. The lowest BCUT2D eigenvalue weighted by atomic mass is 10.0. The SMILES string of the molecule is C1CCCCC1.CN1CCN(Cc2ccc(-c3ccc(Nc4ncc(-c5ccccn5)c(N)n4)cc3)cc2)CC1. The minimum Gasteiger partial charge on any atom is -0.383 e. The van der Waals surface area contributed by atoms with Crippen LogP contribution in [0.5, 0.6) is 0 Å². The molecule has 2 aliphatic rings. The average molecular weight is 536 g/mol. The molecule has 0 bridgehead atoms. The highest BCUT2D eigenvalue weighted by Crippen LogP contribution is 2.26. The number of hydrogen-bond donors (Lipinski definition) is 2. The number of benzene rings is 2. The van der Waals surface area contributed by atoms with E-state index >= 15 is 0 Å². The van der Waals surface area contributed by atoms with E-state index in [1.165, 1.54) is 55.2 Å². The molecule has 0 radical (unpaired) electrons. The molecule has 3 N–H and O–H groups in total. The molecule has 2 aromatic carbocycles. The van der Waals surface area contributed by atoms with Crippen molar-refractivity contribution in [3.8, 4) is 22.4 Å². The Kier molecular flexibility index (Phi) is 9.72. The molecule has 0 atom stereocenters. The molecule has 3 heterocycles. The monoisotopic (exact) mass is 535 g/mol. The van der Waals surface area contributed by atoms with Crippen LogP contribution in [0.25, 0.3) is 22.4 Å². The predicted octanol–water partition coefficient (Wildman–Crippen LogP) is 6.62. The molecule has 2 aromatic heterocycles. The minimum absolute atomic E-state index is 0.393. The van der Waals surface area contributed by atoms with E-state index in [9.17, 15) is 0 Å². The number of nitrogens with two attached hydrogens (primary N) is 1. The first-order valence-electron chi connectivity index (χ1n) is 14.6. The molecule has 4 aromatic rings. The Morgan fingerprint density at radius 1 is 0.750 bits per heavy atom. The fourth-order valence-electron chi connectivity index (χ4n) is 5.18. The van der Waals surface area contributed by atoms with Crippen LogP contribution in [0.15, 0.2) is 79.1 Å². The summed E-state index contributed by atoms with van der Waals surface area (Å²) in [5.41, 5.74) is 12.3. The van der Waals surface area contributed by atoms with Crippen molar-refractivity contribution in [2.45, 2.75) is 45.1 Å². The third-order valence-electron chi connectivity index (χ3n) is 7.69. The zero-order chi connectivity index (χ0) is 27.6. The number of nitrogen functional groups attached to an aromatic ring is 1. The topological polar surface area (TPSA) is 83.2 Å². The van der Waals surface area contributed by atoms with Crippen molar-refractivity contribution in [2.24, 2.45) is 0 Å². The Balaban J connectivity index is 0.000000477. The van der Waals surface area contributed by atoms with Crippen LogP contribution in [0.4, 0.5) is 17.5 Å². The van der Waals surface area contributed by atoms with Crippen LogP contribution < -0.4 is 11.1 Å². The maximum atomic E-state index is 6.15. The van der Waals surface area contributed by atoms with Gasteiger partial charge in [0.05, 0.1) is 11.3 Å². The van der Waals surface area contributed by atoms with E-state index in [-0.39, 0.29) is 0 Å². The first-order chi connectivity index (χ1) is 19.6. The molecule has 0 amide bonds. The molecule has 1 saturated carbocycles. The van der Waals surface area contributed by atoms with Crippen molar-refractivity contribution in [1.29, 1.82) is 0 Å². The van der Waals surface area contributed by atoms with Crippen molar-refractivity contribution in [1.82, 2.24) is 24.8 Å². The van der Waals surface area contributed by atoms with Crippen molar-refractivity contribution in [2.75, 3.05) is 44.3 Å². The normalized spacial score (nSPS) is 16.1. The fourth-order valence-corrected chi connectivity index (χ4v) is 5.18. The quantitative estimate of drug-likeness (QED) is 0.287. The first-order valence-corrected chi connectivity index (χ1v) is 14.6. The highest BCUT2D eigenvalue weighted by Gasteiger charge is 2.14. The van der Waals surface area contributed by atoms with Gasteiger partial charge in [-0.25, -0.2) is 4.98 Å². The van der Waals surface area contributed by atoms with Gasteiger partial charge in [0, 0.05) is 50.8 Å². The van der Waals surface area contributed by atoms with Gasteiger partial charge in [-0.15, -0.1) is 0 Å². The summed E-state index contributed by atoms with van der Waals surface area (Å²) in [5.74, 6) is 0.850. The summed E-state index contributed by atoms with van der Waals surface area (Å²) in [6.45, 7) is 5.57. The molecule has 7 nitrogen and oxygen atoms in total. The lowest BCUT2D eigenvalue weighted by molar-refractivity contribution is 0.148. The van der Waals surface area contributed by atoms with Crippen molar-refractivity contribution < 1.29 is 0 Å². The van der Waals surface area contributed by atoms with Gasteiger partial charge < -0.3 is 16.0 Å². The van der Waals surface area contributed by atoms with Gasteiger partial charge in [0.2, 0.25) is 5.95 Å². The van der Waals surface area contributed by atoms with Gasteiger partial charge in [0.25, 0.3) is 0 Å². The summed E-state index contributed by atoms with van der Waals surface area (Å²) in [6, 6.07) is 22.8. The van der Waals surface area contributed by atoms with Gasteiger partial charge in [-0.05, 0) is 48.0 Å². The molecule has 1 aliphatic carbocycles. The van der Waals surface area contributed by atoms with E-state index < -0.39 is 0 Å². The molecule has 1 saturated heterocycles. The molecule has 208 valence electrons. The zero-order valence-electron chi connectivity index (χ0n) is 23.6. The van der Waals surface area contributed by atoms with Gasteiger partial charge in [-0.2, -0.15) is 4.98 Å². The summed E-state index contributed by atoms with van der Waals surface area (Å²) >= 11 is 0. The van der Waals surface area contributed by atoms with E-state index in [4.69, 9.17) is 5.73 Å². The Morgan fingerprint density at radius 3 is 1.95 bits per heavy atom. The lowest BCUT2D eigenvalue weighted by Crippen LogP contribution is -2.43. The van der Waals surface area contributed by atoms with Crippen LogP contribution in [0, 0.1) is 0 Å². The summed E-state index contributed by atoms with van der Waals surface area (Å²) in [6.07, 6.45) is 12.4. The van der Waals surface area contributed by atoms with E-state index in [0.29, 0.717) is 11.8 Å². The second kappa shape index (κ2) is 14.0. The third kappa shape index (κ3) is 7.87. The number of piperazine rings is 1. The molecule has 40 heavy (non-hydrogen) atoms. The molecule has 0 unspecified atom stereocenters. The van der Waals surface area contributed by atoms with E-state index in [0.717, 1.165) is 49.7 Å². The van der Waals surface area contributed by atoms with Crippen LogP contribution in [-0.2, 0) is 6.54 Å². The Hall–Kier alpha value is -3.81. The minimum atomic E-state index is 0.393. The number of rotatable bonds is 6. The van der Waals surface area contributed by atoms with Crippen molar-refractivity contribution >= 4 is 17.5 Å². The second-order valence-electron chi connectivity index (χ2n) is 10.8. The fraction of sp³-hybridized carbons (Fsp3) is 0.364. The second-order valence-corrected chi connectivity index (χ2v) is 10.8. The molecular formula is C33H41N7. The highest BCUT2D eigenvalue weighted by molar-refractivity contribution is 5.72. The maximum Gasteiger partial charge on any atom is 0.229 e. The molecule has 1 aliphatic heterocycles. The van der Waals surface area contributed by atoms with Crippen molar-refractivity contribution in [3.05, 3.63) is 84.7 Å².